The van der Waals surface area contributed by atoms with Gasteiger partial charge >= 0.3 is 0 Å². The average Bonchev–Trinajstić information content (AvgIpc) is 2.82. The van der Waals surface area contributed by atoms with Gasteiger partial charge in [0, 0.05) is 39.1 Å². The van der Waals surface area contributed by atoms with Crippen molar-refractivity contribution >= 4 is 5.91 Å². The zero-order valence-electron chi connectivity index (χ0n) is 10.7. The molecule has 2 heterocycles. The van der Waals surface area contributed by atoms with Crippen LogP contribution in [-0.2, 0) is 11.8 Å². The highest BCUT2D eigenvalue weighted by Crippen LogP contribution is 2.25. The quantitative estimate of drug-likeness (QED) is 0.836. The van der Waals surface area contributed by atoms with Crippen molar-refractivity contribution in [3.05, 3.63) is 12.2 Å². The summed E-state index contributed by atoms with van der Waals surface area (Å²) in [6, 6.07) is 0. The minimum absolute atomic E-state index is 0.0757. The van der Waals surface area contributed by atoms with Gasteiger partial charge in [-0.1, -0.05) is 0 Å². The molecule has 1 atom stereocenters. The van der Waals surface area contributed by atoms with E-state index >= 15 is 0 Å². The van der Waals surface area contributed by atoms with E-state index < -0.39 is 0 Å². The Morgan fingerprint density at radius 1 is 1.61 bits per heavy atom. The molecule has 0 radical (unpaired) electrons. The monoisotopic (exact) mass is 252 g/mol. The van der Waals surface area contributed by atoms with E-state index in [0.717, 1.165) is 31.8 Å². The first-order chi connectivity index (χ1) is 8.72. The Morgan fingerprint density at radius 2 is 2.44 bits per heavy atom. The number of rotatable bonds is 4. The Morgan fingerprint density at radius 3 is 3.11 bits per heavy atom. The van der Waals surface area contributed by atoms with Crippen LogP contribution < -0.4 is 0 Å². The lowest BCUT2D eigenvalue weighted by Crippen LogP contribution is -2.39. The minimum Gasteiger partial charge on any atom is -0.396 e. The Kier molecular flexibility index (Phi) is 4.30. The lowest BCUT2D eigenvalue weighted by molar-refractivity contribution is -0.132. The fraction of sp³-hybridized carbons (Fsp3) is 0.750. The van der Waals surface area contributed by atoms with Crippen LogP contribution in [-0.4, -0.2) is 50.4 Å². The molecule has 6 nitrogen and oxygen atoms in total. The molecule has 1 aromatic rings. The number of hydrogen-bond acceptors (Lipinski definition) is 4. The number of aliphatic hydroxyl groups excluding tert-OH is 1. The molecule has 2 rings (SSSR count). The molecule has 18 heavy (non-hydrogen) atoms. The third kappa shape index (κ3) is 2.87. The highest BCUT2D eigenvalue weighted by atomic mass is 16.3. The number of amides is 1. The fourth-order valence-electron chi connectivity index (χ4n) is 2.46. The number of nitrogens with zero attached hydrogens (tertiary/aromatic N) is 4. The van der Waals surface area contributed by atoms with E-state index in [1.165, 1.54) is 0 Å². The number of aromatic nitrogens is 3. The highest BCUT2D eigenvalue weighted by Gasteiger charge is 2.26. The third-order valence-electron chi connectivity index (χ3n) is 3.43. The lowest BCUT2D eigenvalue weighted by atomic mass is 9.97. The van der Waals surface area contributed by atoms with Gasteiger partial charge in [0.1, 0.15) is 12.2 Å². The average molecular weight is 252 g/mol. The van der Waals surface area contributed by atoms with Gasteiger partial charge in [-0.2, -0.15) is 0 Å². The van der Waals surface area contributed by atoms with Crippen LogP contribution in [0.25, 0.3) is 0 Å². The maximum absolute atomic E-state index is 11.9. The molecule has 0 bridgehead atoms. The van der Waals surface area contributed by atoms with Crippen molar-refractivity contribution in [1.82, 2.24) is 19.7 Å². The zero-order chi connectivity index (χ0) is 13.0. The number of carbonyl (C=O) groups excluding carboxylic acids is 1. The summed E-state index contributed by atoms with van der Waals surface area (Å²) in [4.78, 5) is 13.8. The molecule has 0 saturated carbocycles. The molecule has 1 aliphatic heterocycles. The van der Waals surface area contributed by atoms with Gasteiger partial charge in [-0.05, 0) is 19.3 Å². The zero-order valence-corrected chi connectivity index (χ0v) is 10.7. The van der Waals surface area contributed by atoms with Crippen molar-refractivity contribution in [3.63, 3.8) is 0 Å². The molecular weight excluding hydrogens is 232 g/mol. The molecule has 0 aromatic carbocycles. The summed E-state index contributed by atoms with van der Waals surface area (Å²) in [5.74, 6) is 1.37. The topological polar surface area (TPSA) is 71.2 Å². The number of piperidine rings is 1. The Bertz CT molecular complexity index is 405. The molecule has 6 heteroatoms. The van der Waals surface area contributed by atoms with Crippen LogP contribution in [0.2, 0.25) is 0 Å². The maximum atomic E-state index is 11.9. The first kappa shape index (κ1) is 13.0. The van der Waals surface area contributed by atoms with Crippen LogP contribution in [0.3, 0.4) is 0 Å². The predicted molar refractivity (Wildman–Crippen MR) is 65.9 cm³/mol. The molecule has 1 amide bonds. The summed E-state index contributed by atoms with van der Waals surface area (Å²) in [6.07, 6.45) is 4.73. The van der Waals surface area contributed by atoms with E-state index in [1.807, 2.05) is 16.5 Å². The summed E-state index contributed by atoms with van der Waals surface area (Å²) in [6.45, 7) is 1.61. The van der Waals surface area contributed by atoms with E-state index in [2.05, 4.69) is 10.2 Å². The van der Waals surface area contributed by atoms with Gasteiger partial charge in [0.2, 0.25) is 5.91 Å². The molecule has 1 saturated heterocycles. The molecule has 1 aromatic heterocycles. The smallest absolute Gasteiger partial charge is 0.222 e. The maximum Gasteiger partial charge on any atom is 0.222 e. The van der Waals surface area contributed by atoms with Crippen LogP contribution in [0.1, 0.15) is 37.4 Å². The van der Waals surface area contributed by atoms with Crippen molar-refractivity contribution in [2.75, 3.05) is 19.7 Å². The van der Waals surface area contributed by atoms with Gasteiger partial charge < -0.3 is 14.6 Å². The molecule has 1 aliphatic rings. The number of aryl methyl sites for hydroxylation is 1. The van der Waals surface area contributed by atoms with Crippen molar-refractivity contribution in [2.24, 2.45) is 7.05 Å². The first-order valence-corrected chi connectivity index (χ1v) is 6.45. The molecule has 0 spiro atoms. The van der Waals surface area contributed by atoms with Crippen molar-refractivity contribution in [1.29, 1.82) is 0 Å². The number of carbonyl (C=O) groups is 1. The van der Waals surface area contributed by atoms with Crippen LogP contribution in [0.15, 0.2) is 6.33 Å². The van der Waals surface area contributed by atoms with Gasteiger partial charge in [0.25, 0.3) is 0 Å². The predicted octanol–water partition coefficient (Wildman–Crippen LogP) is 0.294. The van der Waals surface area contributed by atoms with Crippen LogP contribution >= 0.6 is 0 Å². The second-order valence-electron chi connectivity index (χ2n) is 4.81. The Balaban J connectivity index is 1.96. The van der Waals surface area contributed by atoms with E-state index in [0.29, 0.717) is 12.8 Å². The van der Waals surface area contributed by atoms with E-state index in [9.17, 15) is 4.79 Å². The molecular formula is C12H20N4O2. The van der Waals surface area contributed by atoms with E-state index in [1.54, 1.807) is 6.33 Å². The van der Waals surface area contributed by atoms with Crippen molar-refractivity contribution in [3.8, 4) is 0 Å². The van der Waals surface area contributed by atoms with Crippen LogP contribution in [0.4, 0.5) is 0 Å². The second kappa shape index (κ2) is 5.95. The summed E-state index contributed by atoms with van der Waals surface area (Å²) in [5.41, 5.74) is 0. The van der Waals surface area contributed by atoms with Gasteiger partial charge in [-0.25, -0.2) is 0 Å². The van der Waals surface area contributed by atoms with Gasteiger partial charge in [-0.3, -0.25) is 4.79 Å². The van der Waals surface area contributed by atoms with Gasteiger partial charge in [0.15, 0.2) is 0 Å². The normalized spacial score (nSPS) is 20.1. The Labute approximate surface area is 107 Å². The number of aliphatic hydroxyl groups is 1. The molecule has 1 unspecified atom stereocenters. The first-order valence-electron chi connectivity index (χ1n) is 6.45. The van der Waals surface area contributed by atoms with E-state index in [4.69, 9.17) is 5.11 Å². The largest absolute Gasteiger partial charge is 0.396 e. The van der Waals surface area contributed by atoms with Gasteiger partial charge in [-0.15, -0.1) is 10.2 Å². The summed E-state index contributed by atoms with van der Waals surface area (Å²) in [5, 5.41) is 16.8. The van der Waals surface area contributed by atoms with Crippen LogP contribution in [0, 0.1) is 0 Å². The molecule has 1 N–H and O–H groups in total. The molecule has 100 valence electrons. The number of hydrogen-bond donors (Lipinski definition) is 1. The van der Waals surface area contributed by atoms with Crippen LogP contribution in [0.5, 0.6) is 0 Å². The summed E-state index contributed by atoms with van der Waals surface area (Å²) < 4.78 is 1.92. The third-order valence-corrected chi connectivity index (χ3v) is 3.43. The SMILES string of the molecule is Cn1cnnc1C1CCCN(C(=O)CCCO)C1. The fourth-order valence-corrected chi connectivity index (χ4v) is 2.46. The summed E-state index contributed by atoms with van der Waals surface area (Å²) in [7, 11) is 1.93. The lowest BCUT2D eigenvalue weighted by Gasteiger charge is -2.32. The standard InChI is InChI=1S/C12H20N4O2/c1-15-9-13-14-12(15)10-4-2-6-16(8-10)11(18)5-3-7-17/h9-10,17H,2-8H2,1H3. The summed E-state index contributed by atoms with van der Waals surface area (Å²) >= 11 is 0. The molecule has 1 fully saturated rings. The van der Waals surface area contributed by atoms with Gasteiger partial charge in [0.05, 0.1) is 0 Å². The minimum atomic E-state index is 0.0757. The highest BCUT2D eigenvalue weighted by molar-refractivity contribution is 5.76. The Hall–Kier alpha value is -1.43. The van der Waals surface area contributed by atoms with Crippen molar-refractivity contribution < 1.29 is 9.90 Å². The second-order valence-corrected chi connectivity index (χ2v) is 4.81. The number of likely N-dealkylation sites (tertiary alicyclic amines) is 1. The molecule has 0 aliphatic carbocycles. The van der Waals surface area contributed by atoms with Crippen molar-refractivity contribution in [2.45, 2.75) is 31.6 Å². The van der Waals surface area contributed by atoms with E-state index in [-0.39, 0.29) is 18.4 Å².